The van der Waals surface area contributed by atoms with Crippen LogP contribution in [0, 0.1) is 17.3 Å². The summed E-state index contributed by atoms with van der Waals surface area (Å²) in [7, 11) is 0. The first-order valence-corrected chi connectivity index (χ1v) is 6.61. The smallest absolute Gasteiger partial charge is 0.0272 e. The zero-order valence-electron chi connectivity index (χ0n) is 10.3. The van der Waals surface area contributed by atoms with E-state index in [-0.39, 0.29) is 0 Å². The van der Waals surface area contributed by atoms with Gasteiger partial charge in [0.05, 0.1) is 0 Å². The van der Waals surface area contributed by atoms with Gasteiger partial charge in [-0.2, -0.15) is 0 Å². The van der Waals surface area contributed by atoms with Crippen molar-refractivity contribution in [3.8, 4) is 0 Å². The molecule has 3 N–H and O–H groups in total. The van der Waals surface area contributed by atoms with Gasteiger partial charge in [0.1, 0.15) is 0 Å². The highest BCUT2D eigenvalue weighted by Crippen LogP contribution is 2.55. The second kappa shape index (κ2) is 4.42. The molecular formula is C13H26N2. The largest absolute Gasteiger partial charge is 0.271 e. The highest BCUT2D eigenvalue weighted by atomic mass is 15.2. The number of hydrogen-bond donors (Lipinski definition) is 2. The van der Waals surface area contributed by atoms with Crippen LogP contribution in [0.25, 0.3) is 0 Å². The molecule has 2 aliphatic rings. The predicted octanol–water partition coefficient (Wildman–Crippen LogP) is 2.83. The van der Waals surface area contributed by atoms with Crippen molar-refractivity contribution in [2.24, 2.45) is 23.1 Å². The molecule has 0 aliphatic heterocycles. The molecule has 2 nitrogen and oxygen atoms in total. The number of rotatable bonds is 3. The molecule has 2 fully saturated rings. The van der Waals surface area contributed by atoms with Crippen LogP contribution < -0.4 is 11.3 Å². The molecule has 0 aromatic rings. The lowest BCUT2D eigenvalue weighted by molar-refractivity contribution is 0.271. The molecule has 2 heteroatoms. The highest BCUT2D eigenvalue weighted by molar-refractivity contribution is 5.03. The summed E-state index contributed by atoms with van der Waals surface area (Å²) in [4.78, 5) is 0. The van der Waals surface area contributed by atoms with Crippen molar-refractivity contribution in [2.75, 3.05) is 0 Å². The van der Waals surface area contributed by atoms with Gasteiger partial charge >= 0.3 is 0 Å². The second-order valence-electron chi connectivity index (χ2n) is 6.24. The molecule has 0 spiro atoms. The van der Waals surface area contributed by atoms with Gasteiger partial charge in [0.2, 0.25) is 0 Å². The zero-order valence-corrected chi connectivity index (χ0v) is 10.3. The van der Waals surface area contributed by atoms with E-state index in [0.29, 0.717) is 11.5 Å². The maximum absolute atomic E-state index is 5.77. The van der Waals surface area contributed by atoms with Gasteiger partial charge < -0.3 is 0 Å². The first kappa shape index (κ1) is 11.4. The fraction of sp³-hybridized carbons (Fsp3) is 1.00. The quantitative estimate of drug-likeness (QED) is 0.427. The molecular weight excluding hydrogens is 184 g/mol. The molecule has 2 unspecified atom stereocenters. The summed E-state index contributed by atoms with van der Waals surface area (Å²) in [6.45, 7) is 4.75. The topological polar surface area (TPSA) is 38.0 Å². The van der Waals surface area contributed by atoms with Crippen molar-refractivity contribution in [3.63, 3.8) is 0 Å². The minimum atomic E-state index is 0.545. The van der Waals surface area contributed by atoms with E-state index in [1.54, 1.807) is 0 Å². The summed E-state index contributed by atoms with van der Waals surface area (Å²) in [6.07, 6.45) is 9.83. The van der Waals surface area contributed by atoms with Crippen molar-refractivity contribution in [3.05, 3.63) is 0 Å². The standard InChI is InChI=1S/C13H26N2/c1-13(2)9-11(13)12(15-14)10-7-5-3-4-6-8-10/h10-12,15H,3-9,14H2,1-2H3. The lowest BCUT2D eigenvalue weighted by atomic mass is 9.87. The number of nitrogens with one attached hydrogen (secondary N) is 1. The van der Waals surface area contributed by atoms with E-state index in [9.17, 15) is 0 Å². The first-order chi connectivity index (χ1) is 7.15. The van der Waals surface area contributed by atoms with Crippen LogP contribution in [0.15, 0.2) is 0 Å². The Hall–Kier alpha value is -0.0800. The Labute approximate surface area is 94.0 Å². The van der Waals surface area contributed by atoms with Gasteiger partial charge in [-0.05, 0) is 36.5 Å². The lowest BCUT2D eigenvalue weighted by Gasteiger charge is -2.27. The van der Waals surface area contributed by atoms with Crippen LogP contribution in [0.2, 0.25) is 0 Å². The first-order valence-electron chi connectivity index (χ1n) is 6.61. The van der Waals surface area contributed by atoms with E-state index < -0.39 is 0 Å². The molecule has 0 aromatic carbocycles. The second-order valence-corrected chi connectivity index (χ2v) is 6.24. The van der Waals surface area contributed by atoms with Crippen LogP contribution in [0.3, 0.4) is 0 Å². The molecule has 15 heavy (non-hydrogen) atoms. The van der Waals surface area contributed by atoms with Crippen molar-refractivity contribution in [2.45, 2.75) is 64.8 Å². The van der Waals surface area contributed by atoms with Crippen molar-refractivity contribution in [1.82, 2.24) is 5.43 Å². The third-order valence-corrected chi connectivity index (χ3v) is 4.62. The van der Waals surface area contributed by atoms with Crippen LogP contribution in [-0.4, -0.2) is 6.04 Å². The van der Waals surface area contributed by atoms with Gasteiger partial charge in [-0.15, -0.1) is 0 Å². The molecule has 0 aromatic heterocycles. The summed E-state index contributed by atoms with van der Waals surface area (Å²) < 4.78 is 0. The predicted molar refractivity (Wildman–Crippen MR) is 64.2 cm³/mol. The number of hydrazine groups is 1. The Kier molecular flexibility index (Phi) is 3.36. The lowest BCUT2D eigenvalue weighted by Crippen LogP contribution is -2.43. The Morgan fingerprint density at radius 3 is 2.07 bits per heavy atom. The summed E-state index contributed by atoms with van der Waals surface area (Å²) in [5.41, 5.74) is 3.66. The van der Waals surface area contributed by atoms with E-state index in [0.717, 1.165) is 11.8 Å². The van der Waals surface area contributed by atoms with E-state index >= 15 is 0 Å². The number of hydrogen-bond acceptors (Lipinski definition) is 2. The summed E-state index contributed by atoms with van der Waals surface area (Å²) >= 11 is 0. The average molecular weight is 210 g/mol. The van der Waals surface area contributed by atoms with Gasteiger partial charge in [0.25, 0.3) is 0 Å². The Bertz CT molecular complexity index is 205. The van der Waals surface area contributed by atoms with Gasteiger partial charge in [0.15, 0.2) is 0 Å². The van der Waals surface area contributed by atoms with E-state index in [4.69, 9.17) is 5.84 Å². The van der Waals surface area contributed by atoms with Gasteiger partial charge in [-0.25, -0.2) is 0 Å². The van der Waals surface area contributed by atoms with E-state index in [2.05, 4.69) is 19.3 Å². The molecule has 2 rings (SSSR count). The summed E-state index contributed by atoms with van der Waals surface area (Å²) in [5, 5.41) is 0. The summed E-state index contributed by atoms with van der Waals surface area (Å²) in [5.74, 6) is 7.43. The maximum Gasteiger partial charge on any atom is 0.0272 e. The monoisotopic (exact) mass is 210 g/mol. The van der Waals surface area contributed by atoms with E-state index in [1.165, 1.54) is 44.9 Å². The molecule has 0 saturated heterocycles. The molecule has 0 bridgehead atoms. The van der Waals surface area contributed by atoms with Crippen molar-refractivity contribution >= 4 is 0 Å². The third kappa shape index (κ3) is 2.54. The molecule has 0 amide bonds. The van der Waals surface area contributed by atoms with Crippen LogP contribution in [0.4, 0.5) is 0 Å². The summed E-state index contributed by atoms with van der Waals surface area (Å²) in [6, 6.07) is 0.582. The zero-order chi connectivity index (χ0) is 10.9. The fourth-order valence-electron chi connectivity index (χ4n) is 3.37. The van der Waals surface area contributed by atoms with Gasteiger partial charge in [-0.1, -0.05) is 39.5 Å². The normalized spacial score (nSPS) is 33.4. The average Bonchev–Trinajstić information content (AvgIpc) is 2.88. The molecule has 2 atom stereocenters. The van der Waals surface area contributed by atoms with Crippen molar-refractivity contribution < 1.29 is 0 Å². The molecule has 2 saturated carbocycles. The maximum atomic E-state index is 5.77. The minimum absolute atomic E-state index is 0.545. The Morgan fingerprint density at radius 2 is 1.67 bits per heavy atom. The van der Waals surface area contributed by atoms with Crippen LogP contribution >= 0.6 is 0 Å². The molecule has 0 radical (unpaired) electrons. The Morgan fingerprint density at radius 1 is 1.13 bits per heavy atom. The van der Waals surface area contributed by atoms with Crippen LogP contribution in [-0.2, 0) is 0 Å². The molecule has 0 heterocycles. The van der Waals surface area contributed by atoms with Crippen LogP contribution in [0.1, 0.15) is 58.8 Å². The Balaban J connectivity index is 1.93. The van der Waals surface area contributed by atoms with Gasteiger partial charge in [-0.3, -0.25) is 11.3 Å². The van der Waals surface area contributed by atoms with Crippen molar-refractivity contribution in [1.29, 1.82) is 0 Å². The number of nitrogens with two attached hydrogens (primary N) is 1. The van der Waals surface area contributed by atoms with E-state index in [1.807, 2.05) is 0 Å². The molecule has 88 valence electrons. The fourth-order valence-corrected chi connectivity index (χ4v) is 3.37. The SMILES string of the molecule is CC1(C)CC1C(NN)C1CCCCCC1. The minimum Gasteiger partial charge on any atom is -0.271 e. The van der Waals surface area contributed by atoms with Gasteiger partial charge in [0, 0.05) is 6.04 Å². The van der Waals surface area contributed by atoms with Crippen LogP contribution in [0.5, 0.6) is 0 Å². The highest BCUT2D eigenvalue weighted by Gasteiger charge is 2.51. The molecule has 2 aliphatic carbocycles. The third-order valence-electron chi connectivity index (χ3n) is 4.62.